The Morgan fingerprint density at radius 2 is 1.89 bits per heavy atom. The van der Waals surface area contributed by atoms with Crippen molar-refractivity contribution < 1.29 is 4.79 Å². The van der Waals surface area contributed by atoms with E-state index in [-0.39, 0.29) is 5.91 Å². The van der Waals surface area contributed by atoms with Gasteiger partial charge >= 0.3 is 0 Å². The summed E-state index contributed by atoms with van der Waals surface area (Å²) in [7, 11) is 0. The number of amides is 1. The van der Waals surface area contributed by atoms with E-state index in [9.17, 15) is 4.79 Å². The van der Waals surface area contributed by atoms with Crippen LogP contribution in [0.5, 0.6) is 0 Å². The fraction of sp³-hybridized carbons (Fsp3) is 0.133. The molecule has 0 aliphatic heterocycles. The predicted molar refractivity (Wildman–Crippen MR) is 78.5 cm³/mol. The Morgan fingerprint density at radius 1 is 1.21 bits per heavy atom. The van der Waals surface area contributed by atoms with E-state index in [0.29, 0.717) is 17.1 Å². The highest BCUT2D eigenvalue weighted by Gasteiger charge is 2.08. The van der Waals surface area contributed by atoms with E-state index in [4.69, 9.17) is 17.3 Å². The maximum atomic E-state index is 12.1. The second-order valence-electron chi connectivity index (χ2n) is 4.27. The van der Waals surface area contributed by atoms with Gasteiger partial charge in [0.05, 0.1) is 0 Å². The first-order valence-corrected chi connectivity index (χ1v) is 6.35. The van der Waals surface area contributed by atoms with Crippen LogP contribution in [0, 0.1) is 6.92 Å². The number of carbonyl (C=O) groups is 1. The fourth-order valence-electron chi connectivity index (χ4n) is 1.73. The second-order valence-corrected chi connectivity index (χ2v) is 4.67. The lowest BCUT2D eigenvalue weighted by atomic mass is 10.1. The van der Waals surface area contributed by atoms with Crippen LogP contribution in [0.25, 0.3) is 0 Å². The molecule has 0 radical (unpaired) electrons. The number of anilines is 1. The average molecular weight is 275 g/mol. The van der Waals surface area contributed by atoms with Gasteiger partial charge in [-0.15, -0.1) is 0 Å². The molecule has 0 aliphatic carbocycles. The first-order chi connectivity index (χ1) is 9.11. The number of benzene rings is 2. The quantitative estimate of drug-likeness (QED) is 0.902. The molecule has 0 fully saturated rings. The van der Waals surface area contributed by atoms with Gasteiger partial charge in [-0.2, -0.15) is 0 Å². The van der Waals surface area contributed by atoms with Crippen LogP contribution in [0.4, 0.5) is 5.69 Å². The van der Waals surface area contributed by atoms with E-state index in [1.165, 1.54) is 0 Å². The van der Waals surface area contributed by atoms with Gasteiger partial charge in [0.2, 0.25) is 0 Å². The number of hydrogen-bond acceptors (Lipinski definition) is 2. The lowest BCUT2D eigenvalue weighted by molar-refractivity contribution is 0.102. The molecule has 0 saturated carbocycles. The first kappa shape index (κ1) is 13.6. The van der Waals surface area contributed by atoms with Crippen LogP contribution in [0.2, 0.25) is 5.02 Å². The minimum atomic E-state index is -0.158. The topological polar surface area (TPSA) is 55.1 Å². The highest BCUT2D eigenvalue weighted by Crippen LogP contribution is 2.23. The summed E-state index contributed by atoms with van der Waals surface area (Å²) in [6.45, 7) is 2.34. The van der Waals surface area contributed by atoms with Gasteiger partial charge in [-0.3, -0.25) is 4.79 Å². The van der Waals surface area contributed by atoms with Gasteiger partial charge in [-0.05, 0) is 42.3 Å². The molecule has 3 N–H and O–H groups in total. The maximum absolute atomic E-state index is 12.1. The number of hydrogen-bond donors (Lipinski definition) is 2. The van der Waals surface area contributed by atoms with Crippen LogP contribution in [-0.4, -0.2) is 5.91 Å². The van der Waals surface area contributed by atoms with E-state index in [2.05, 4.69) is 5.32 Å². The third-order valence-corrected chi connectivity index (χ3v) is 3.38. The van der Waals surface area contributed by atoms with Gasteiger partial charge < -0.3 is 11.1 Å². The molecule has 1 amide bonds. The van der Waals surface area contributed by atoms with Gasteiger partial charge in [0.15, 0.2) is 0 Å². The highest BCUT2D eigenvalue weighted by molar-refractivity contribution is 6.31. The standard InChI is InChI=1S/C15H15ClN2O/c1-10-13(16)3-2-4-14(10)18-15(19)12-7-5-11(9-17)6-8-12/h2-8H,9,17H2,1H3,(H,18,19). The van der Waals surface area contributed by atoms with Crippen molar-refractivity contribution in [2.45, 2.75) is 13.5 Å². The molecule has 2 rings (SSSR count). The van der Waals surface area contributed by atoms with Crippen molar-refractivity contribution in [1.82, 2.24) is 0 Å². The third-order valence-electron chi connectivity index (χ3n) is 2.97. The van der Waals surface area contributed by atoms with Gasteiger partial charge in [-0.25, -0.2) is 0 Å². The smallest absolute Gasteiger partial charge is 0.255 e. The molecule has 4 heteroatoms. The Labute approximate surface area is 117 Å². The lowest BCUT2D eigenvalue weighted by Gasteiger charge is -2.09. The summed E-state index contributed by atoms with van der Waals surface area (Å²) >= 11 is 6.02. The first-order valence-electron chi connectivity index (χ1n) is 5.97. The van der Waals surface area contributed by atoms with Gasteiger partial charge in [0.1, 0.15) is 0 Å². The third kappa shape index (κ3) is 3.13. The summed E-state index contributed by atoms with van der Waals surface area (Å²) in [5, 5.41) is 3.49. The zero-order chi connectivity index (χ0) is 13.8. The molecule has 0 heterocycles. The Bertz CT molecular complexity index is 594. The number of nitrogens with two attached hydrogens (primary N) is 1. The molecule has 0 saturated heterocycles. The van der Waals surface area contributed by atoms with Crippen molar-refractivity contribution in [2.75, 3.05) is 5.32 Å². The second kappa shape index (κ2) is 5.87. The van der Waals surface area contributed by atoms with Crippen molar-refractivity contribution in [3.63, 3.8) is 0 Å². The summed E-state index contributed by atoms with van der Waals surface area (Å²) in [5.41, 5.74) is 8.69. The highest BCUT2D eigenvalue weighted by atomic mass is 35.5. The Hall–Kier alpha value is -1.84. The minimum absolute atomic E-state index is 0.158. The number of halogens is 1. The molecule has 0 spiro atoms. The maximum Gasteiger partial charge on any atom is 0.255 e. The lowest BCUT2D eigenvalue weighted by Crippen LogP contribution is -2.13. The Balaban J connectivity index is 2.18. The molecule has 0 atom stereocenters. The molecule has 0 aliphatic rings. The van der Waals surface area contributed by atoms with E-state index in [1.807, 2.05) is 31.2 Å². The van der Waals surface area contributed by atoms with Crippen molar-refractivity contribution >= 4 is 23.2 Å². The van der Waals surface area contributed by atoms with Crippen LogP contribution in [0.3, 0.4) is 0 Å². The average Bonchev–Trinajstić information content (AvgIpc) is 2.44. The normalized spacial score (nSPS) is 10.3. The SMILES string of the molecule is Cc1c(Cl)cccc1NC(=O)c1ccc(CN)cc1. The summed E-state index contributed by atoms with van der Waals surface area (Å²) in [5.74, 6) is -0.158. The van der Waals surface area contributed by atoms with Crippen molar-refractivity contribution in [2.24, 2.45) is 5.73 Å². The van der Waals surface area contributed by atoms with E-state index in [1.54, 1.807) is 18.2 Å². The molecule has 98 valence electrons. The van der Waals surface area contributed by atoms with Gasteiger partial charge in [-0.1, -0.05) is 29.8 Å². The van der Waals surface area contributed by atoms with Crippen LogP contribution < -0.4 is 11.1 Å². The molecule has 2 aromatic rings. The van der Waals surface area contributed by atoms with Crippen molar-refractivity contribution in [3.8, 4) is 0 Å². The summed E-state index contributed by atoms with van der Waals surface area (Å²) in [6.07, 6.45) is 0. The molecule has 19 heavy (non-hydrogen) atoms. The molecule has 0 aromatic heterocycles. The van der Waals surface area contributed by atoms with E-state index in [0.717, 1.165) is 16.8 Å². The minimum Gasteiger partial charge on any atom is -0.326 e. The number of carbonyl (C=O) groups excluding carboxylic acids is 1. The Kier molecular flexibility index (Phi) is 4.20. The van der Waals surface area contributed by atoms with E-state index >= 15 is 0 Å². The van der Waals surface area contributed by atoms with Crippen LogP contribution in [0.15, 0.2) is 42.5 Å². The zero-order valence-electron chi connectivity index (χ0n) is 10.6. The summed E-state index contributed by atoms with van der Waals surface area (Å²) in [6, 6.07) is 12.6. The fourth-order valence-corrected chi connectivity index (χ4v) is 1.90. The monoisotopic (exact) mass is 274 g/mol. The summed E-state index contributed by atoms with van der Waals surface area (Å²) in [4.78, 5) is 12.1. The molecule has 0 unspecified atom stereocenters. The Morgan fingerprint density at radius 3 is 2.53 bits per heavy atom. The zero-order valence-corrected chi connectivity index (χ0v) is 11.4. The van der Waals surface area contributed by atoms with Crippen molar-refractivity contribution in [1.29, 1.82) is 0 Å². The van der Waals surface area contributed by atoms with Gasteiger partial charge in [0.25, 0.3) is 5.91 Å². The molecule has 3 nitrogen and oxygen atoms in total. The predicted octanol–water partition coefficient (Wildman–Crippen LogP) is 3.36. The summed E-state index contributed by atoms with van der Waals surface area (Å²) < 4.78 is 0. The molecule has 2 aromatic carbocycles. The number of nitrogens with one attached hydrogen (secondary N) is 1. The van der Waals surface area contributed by atoms with Gasteiger partial charge in [0, 0.05) is 22.8 Å². The molecular formula is C15H15ClN2O. The molecular weight excluding hydrogens is 260 g/mol. The molecule has 0 bridgehead atoms. The van der Waals surface area contributed by atoms with Crippen LogP contribution in [0.1, 0.15) is 21.5 Å². The largest absolute Gasteiger partial charge is 0.326 e. The number of rotatable bonds is 3. The van der Waals surface area contributed by atoms with E-state index < -0.39 is 0 Å². The van der Waals surface area contributed by atoms with Crippen molar-refractivity contribution in [3.05, 3.63) is 64.2 Å². The van der Waals surface area contributed by atoms with Crippen LogP contribution in [-0.2, 0) is 6.54 Å². The van der Waals surface area contributed by atoms with Crippen LogP contribution >= 0.6 is 11.6 Å².